The van der Waals surface area contributed by atoms with Gasteiger partial charge in [0.15, 0.2) is 0 Å². The topological polar surface area (TPSA) is 55.1 Å². The number of amides is 1. The number of carbonyl (C=O) groups excluding carboxylic acids is 1. The highest BCUT2D eigenvalue weighted by molar-refractivity contribution is 9.10. The molecule has 16 heavy (non-hydrogen) atoms. The standard InChI is InChI=1S/C10H10BrFN2O.ClH/c11-7-2-1-6(5-8(7)12)14-9(15)10(13)3-4-10;/h1-2,5H,3-4,13H2,(H,14,15);1H. The minimum absolute atomic E-state index is 0. The van der Waals surface area contributed by atoms with Gasteiger partial charge in [-0.05, 0) is 47.0 Å². The van der Waals surface area contributed by atoms with E-state index < -0.39 is 11.4 Å². The average molecular weight is 310 g/mol. The fourth-order valence-electron chi connectivity index (χ4n) is 1.19. The van der Waals surface area contributed by atoms with Crippen molar-refractivity contribution < 1.29 is 9.18 Å². The number of benzene rings is 1. The summed E-state index contributed by atoms with van der Waals surface area (Å²) in [6.45, 7) is 0. The Morgan fingerprint density at radius 3 is 2.62 bits per heavy atom. The van der Waals surface area contributed by atoms with Crippen molar-refractivity contribution in [2.24, 2.45) is 5.73 Å². The molecule has 0 spiro atoms. The molecule has 1 aromatic carbocycles. The van der Waals surface area contributed by atoms with Gasteiger partial charge in [0.05, 0.1) is 10.0 Å². The van der Waals surface area contributed by atoms with Crippen molar-refractivity contribution in [2.45, 2.75) is 18.4 Å². The number of rotatable bonds is 2. The molecule has 0 aliphatic heterocycles. The maximum absolute atomic E-state index is 13.1. The van der Waals surface area contributed by atoms with Gasteiger partial charge in [-0.1, -0.05) is 0 Å². The summed E-state index contributed by atoms with van der Waals surface area (Å²) in [5.41, 5.74) is 5.39. The molecule has 3 N–H and O–H groups in total. The van der Waals surface area contributed by atoms with Gasteiger partial charge in [-0.25, -0.2) is 4.39 Å². The maximum Gasteiger partial charge on any atom is 0.244 e. The lowest BCUT2D eigenvalue weighted by Crippen LogP contribution is -2.37. The summed E-state index contributed by atoms with van der Waals surface area (Å²) in [6.07, 6.45) is 1.38. The third kappa shape index (κ3) is 2.72. The Morgan fingerprint density at radius 1 is 1.50 bits per heavy atom. The van der Waals surface area contributed by atoms with Gasteiger partial charge in [0.25, 0.3) is 0 Å². The Hall–Kier alpha value is -0.650. The van der Waals surface area contributed by atoms with Crippen LogP contribution < -0.4 is 11.1 Å². The third-order valence-electron chi connectivity index (χ3n) is 2.42. The first-order chi connectivity index (χ1) is 7.01. The molecule has 2 rings (SSSR count). The predicted octanol–water partition coefficient (Wildman–Crippen LogP) is 2.44. The van der Waals surface area contributed by atoms with Crippen molar-refractivity contribution in [3.63, 3.8) is 0 Å². The highest BCUT2D eigenvalue weighted by Gasteiger charge is 2.45. The average Bonchev–Trinajstić information content (AvgIpc) is 2.92. The summed E-state index contributed by atoms with van der Waals surface area (Å²) in [5, 5.41) is 2.59. The molecule has 0 heterocycles. The lowest BCUT2D eigenvalue weighted by molar-refractivity contribution is -0.118. The number of nitrogens with one attached hydrogen (secondary N) is 1. The minimum Gasteiger partial charge on any atom is -0.324 e. The van der Waals surface area contributed by atoms with E-state index in [1.165, 1.54) is 6.07 Å². The predicted molar refractivity (Wildman–Crippen MR) is 66.1 cm³/mol. The van der Waals surface area contributed by atoms with E-state index in [0.29, 0.717) is 23.0 Å². The van der Waals surface area contributed by atoms with E-state index in [2.05, 4.69) is 21.2 Å². The van der Waals surface area contributed by atoms with Gasteiger partial charge in [-0.15, -0.1) is 12.4 Å². The van der Waals surface area contributed by atoms with E-state index in [-0.39, 0.29) is 18.3 Å². The summed E-state index contributed by atoms with van der Waals surface area (Å²) in [6, 6.07) is 4.42. The largest absolute Gasteiger partial charge is 0.324 e. The molecule has 0 radical (unpaired) electrons. The highest BCUT2D eigenvalue weighted by Crippen LogP contribution is 2.33. The molecule has 0 atom stereocenters. The van der Waals surface area contributed by atoms with E-state index in [4.69, 9.17) is 5.73 Å². The fraction of sp³-hybridized carbons (Fsp3) is 0.300. The Balaban J connectivity index is 0.00000128. The molecule has 0 aromatic heterocycles. The van der Waals surface area contributed by atoms with Crippen molar-refractivity contribution >= 4 is 39.9 Å². The molecule has 6 heteroatoms. The zero-order chi connectivity index (χ0) is 11.1. The second-order valence-corrected chi connectivity index (χ2v) is 4.59. The van der Waals surface area contributed by atoms with Crippen molar-refractivity contribution in [2.75, 3.05) is 5.32 Å². The van der Waals surface area contributed by atoms with Crippen LogP contribution in [0.2, 0.25) is 0 Å². The molecule has 1 aliphatic rings. The maximum atomic E-state index is 13.1. The van der Waals surface area contributed by atoms with Crippen molar-refractivity contribution in [1.82, 2.24) is 0 Å². The zero-order valence-electron chi connectivity index (χ0n) is 8.30. The summed E-state index contributed by atoms with van der Waals surface area (Å²) in [4.78, 5) is 11.5. The number of hydrogen-bond acceptors (Lipinski definition) is 2. The SMILES string of the molecule is Cl.NC1(C(=O)Nc2ccc(Br)c(F)c2)CC1. The molecular weight excluding hydrogens is 298 g/mol. The van der Waals surface area contributed by atoms with Crippen LogP contribution in [-0.2, 0) is 4.79 Å². The number of halogens is 3. The molecule has 3 nitrogen and oxygen atoms in total. The second kappa shape index (κ2) is 4.69. The zero-order valence-corrected chi connectivity index (χ0v) is 10.7. The molecule has 1 aromatic rings. The number of anilines is 1. The minimum atomic E-state index is -0.733. The molecule has 0 saturated heterocycles. The first-order valence-corrected chi connectivity index (χ1v) is 5.36. The Bertz CT molecular complexity index is 423. The Morgan fingerprint density at radius 2 is 2.12 bits per heavy atom. The monoisotopic (exact) mass is 308 g/mol. The van der Waals surface area contributed by atoms with Gasteiger partial charge in [0, 0.05) is 5.69 Å². The highest BCUT2D eigenvalue weighted by atomic mass is 79.9. The van der Waals surface area contributed by atoms with Crippen molar-refractivity contribution in [3.8, 4) is 0 Å². The second-order valence-electron chi connectivity index (χ2n) is 3.74. The molecule has 0 bridgehead atoms. The van der Waals surface area contributed by atoms with Crippen LogP contribution in [0.4, 0.5) is 10.1 Å². The van der Waals surface area contributed by atoms with Crippen molar-refractivity contribution in [1.29, 1.82) is 0 Å². The summed E-state index contributed by atoms with van der Waals surface area (Å²) in [5.74, 6) is -0.654. The van der Waals surface area contributed by atoms with Crippen LogP contribution in [0.3, 0.4) is 0 Å². The molecule has 88 valence electrons. The summed E-state index contributed by atoms with van der Waals surface area (Å²) < 4.78 is 13.5. The van der Waals surface area contributed by atoms with Crippen LogP contribution in [-0.4, -0.2) is 11.4 Å². The third-order valence-corrected chi connectivity index (χ3v) is 3.06. The quantitative estimate of drug-likeness (QED) is 0.881. The van der Waals surface area contributed by atoms with Crippen LogP contribution >= 0.6 is 28.3 Å². The normalized spacial score (nSPS) is 16.2. The van der Waals surface area contributed by atoms with Gasteiger partial charge in [-0.3, -0.25) is 4.79 Å². The van der Waals surface area contributed by atoms with Gasteiger partial charge in [0.1, 0.15) is 5.82 Å². The lowest BCUT2D eigenvalue weighted by Gasteiger charge is -2.10. The van der Waals surface area contributed by atoms with E-state index in [0.717, 1.165) is 0 Å². The van der Waals surface area contributed by atoms with Gasteiger partial charge in [0.2, 0.25) is 5.91 Å². The van der Waals surface area contributed by atoms with Crippen LogP contribution in [0, 0.1) is 5.82 Å². The van der Waals surface area contributed by atoms with Crippen LogP contribution in [0.25, 0.3) is 0 Å². The van der Waals surface area contributed by atoms with E-state index in [9.17, 15) is 9.18 Å². The first kappa shape index (κ1) is 13.4. The molecule has 1 fully saturated rings. The van der Waals surface area contributed by atoms with Gasteiger partial charge < -0.3 is 11.1 Å². The fourth-order valence-corrected chi connectivity index (χ4v) is 1.44. The molecule has 1 saturated carbocycles. The van der Waals surface area contributed by atoms with Crippen LogP contribution in [0.15, 0.2) is 22.7 Å². The van der Waals surface area contributed by atoms with E-state index in [1.54, 1.807) is 12.1 Å². The van der Waals surface area contributed by atoms with Gasteiger partial charge in [-0.2, -0.15) is 0 Å². The van der Waals surface area contributed by atoms with E-state index >= 15 is 0 Å². The lowest BCUT2D eigenvalue weighted by atomic mass is 10.2. The molecule has 0 unspecified atom stereocenters. The molecule has 1 aliphatic carbocycles. The number of nitrogens with two attached hydrogens (primary N) is 1. The van der Waals surface area contributed by atoms with Crippen LogP contribution in [0.5, 0.6) is 0 Å². The molecule has 1 amide bonds. The number of hydrogen-bond donors (Lipinski definition) is 2. The molecular formula is C10H11BrClFN2O. The Labute approximate surface area is 107 Å². The van der Waals surface area contributed by atoms with Gasteiger partial charge >= 0.3 is 0 Å². The summed E-state index contributed by atoms with van der Waals surface area (Å²) in [7, 11) is 0. The summed E-state index contributed by atoms with van der Waals surface area (Å²) >= 11 is 3.04. The number of carbonyl (C=O) groups is 1. The smallest absolute Gasteiger partial charge is 0.244 e. The van der Waals surface area contributed by atoms with Crippen LogP contribution in [0.1, 0.15) is 12.8 Å². The van der Waals surface area contributed by atoms with Crippen molar-refractivity contribution in [3.05, 3.63) is 28.5 Å². The Kier molecular flexibility index (Phi) is 3.93. The van der Waals surface area contributed by atoms with E-state index in [1.807, 2.05) is 0 Å². The first-order valence-electron chi connectivity index (χ1n) is 4.57.